The normalized spacial score (nSPS) is 21.7. The van der Waals surface area contributed by atoms with Crippen molar-refractivity contribution in [1.82, 2.24) is 0 Å². The number of hydrogen-bond donors (Lipinski definition) is 0. The summed E-state index contributed by atoms with van der Waals surface area (Å²) >= 11 is 0. The van der Waals surface area contributed by atoms with Crippen LogP contribution in [-0.4, -0.2) is 6.29 Å². The molecule has 0 saturated carbocycles. The van der Waals surface area contributed by atoms with Crippen molar-refractivity contribution in [2.45, 2.75) is 53.4 Å². The molecule has 0 atom stereocenters. The van der Waals surface area contributed by atoms with Crippen LogP contribution in [0.15, 0.2) is 22.8 Å². The highest BCUT2D eigenvalue weighted by Crippen LogP contribution is 2.40. The third-order valence-corrected chi connectivity index (χ3v) is 3.68. The molecule has 0 spiro atoms. The van der Waals surface area contributed by atoms with E-state index >= 15 is 0 Å². The number of carbonyl (C=O) groups excluding carboxylic acids is 1. The van der Waals surface area contributed by atoms with E-state index in [-0.39, 0.29) is 0 Å². The van der Waals surface area contributed by atoms with Gasteiger partial charge in [-0.05, 0) is 50.5 Å². The van der Waals surface area contributed by atoms with Gasteiger partial charge in [0.2, 0.25) is 0 Å². The molecule has 0 unspecified atom stereocenters. The van der Waals surface area contributed by atoms with Gasteiger partial charge in [0.25, 0.3) is 0 Å². The molecule has 0 radical (unpaired) electrons. The fourth-order valence-electron chi connectivity index (χ4n) is 2.18. The predicted octanol–water partition coefficient (Wildman–Crippen LogP) is 4.05. The van der Waals surface area contributed by atoms with Crippen LogP contribution >= 0.6 is 0 Å². The van der Waals surface area contributed by atoms with E-state index in [0.29, 0.717) is 5.41 Å². The predicted molar refractivity (Wildman–Crippen MR) is 64.8 cm³/mol. The minimum absolute atomic E-state index is 0.358. The third-order valence-electron chi connectivity index (χ3n) is 3.68. The average molecular weight is 206 g/mol. The molecule has 0 aliphatic heterocycles. The number of allylic oxidation sites excluding steroid dienone is 4. The van der Waals surface area contributed by atoms with E-state index in [4.69, 9.17) is 0 Å². The van der Waals surface area contributed by atoms with Gasteiger partial charge in [-0.3, -0.25) is 4.79 Å². The van der Waals surface area contributed by atoms with E-state index in [1.807, 2.05) is 13.0 Å². The maximum atomic E-state index is 10.5. The molecule has 0 aromatic heterocycles. The molecule has 0 aromatic carbocycles. The monoisotopic (exact) mass is 206 g/mol. The fourth-order valence-corrected chi connectivity index (χ4v) is 2.18. The average Bonchev–Trinajstić information content (AvgIpc) is 2.19. The Labute approximate surface area is 93.3 Å². The van der Waals surface area contributed by atoms with Gasteiger partial charge in [-0.25, -0.2) is 0 Å². The summed E-state index contributed by atoms with van der Waals surface area (Å²) < 4.78 is 0. The second-order valence-corrected chi connectivity index (χ2v) is 5.24. The third kappa shape index (κ3) is 3.05. The first kappa shape index (κ1) is 12.2. The SMILES string of the molecule is CC(C=O)=CCC1=C(C)C(C)(C)CCC1. The zero-order valence-corrected chi connectivity index (χ0v) is 10.4. The van der Waals surface area contributed by atoms with Crippen LogP contribution in [0.2, 0.25) is 0 Å². The molecular formula is C14H22O. The van der Waals surface area contributed by atoms with Crippen molar-refractivity contribution in [3.05, 3.63) is 22.8 Å². The van der Waals surface area contributed by atoms with E-state index < -0.39 is 0 Å². The molecule has 0 N–H and O–H groups in total. The first-order chi connectivity index (χ1) is 6.97. The second kappa shape index (κ2) is 4.78. The Bertz CT molecular complexity index is 305. The van der Waals surface area contributed by atoms with Crippen LogP contribution in [0.5, 0.6) is 0 Å². The highest BCUT2D eigenvalue weighted by atomic mass is 16.1. The standard InChI is InChI=1S/C14H22O/c1-11(10-15)7-8-13-6-5-9-14(3,4)12(13)2/h7,10H,5-6,8-9H2,1-4H3. The molecule has 1 rings (SSSR count). The summed E-state index contributed by atoms with van der Waals surface area (Å²) in [5.41, 5.74) is 4.27. The Morgan fingerprint density at radius 1 is 1.47 bits per heavy atom. The molecule has 15 heavy (non-hydrogen) atoms. The van der Waals surface area contributed by atoms with Crippen LogP contribution in [-0.2, 0) is 4.79 Å². The number of rotatable bonds is 3. The lowest BCUT2D eigenvalue weighted by molar-refractivity contribution is -0.104. The summed E-state index contributed by atoms with van der Waals surface area (Å²) in [7, 11) is 0. The summed E-state index contributed by atoms with van der Waals surface area (Å²) in [4.78, 5) is 10.5. The van der Waals surface area contributed by atoms with E-state index in [1.54, 1.807) is 0 Å². The van der Waals surface area contributed by atoms with Crippen LogP contribution in [0.3, 0.4) is 0 Å². The Morgan fingerprint density at radius 2 is 2.13 bits per heavy atom. The fraction of sp³-hybridized carbons (Fsp3) is 0.643. The summed E-state index contributed by atoms with van der Waals surface area (Å²) in [6.07, 6.45) is 7.72. The molecule has 1 aliphatic carbocycles. The highest BCUT2D eigenvalue weighted by molar-refractivity contribution is 5.72. The van der Waals surface area contributed by atoms with Crippen molar-refractivity contribution in [2.24, 2.45) is 5.41 Å². The summed E-state index contributed by atoms with van der Waals surface area (Å²) in [5, 5.41) is 0. The lowest BCUT2D eigenvalue weighted by atomic mass is 9.72. The maximum Gasteiger partial charge on any atom is 0.145 e. The van der Waals surface area contributed by atoms with Gasteiger partial charge in [0.05, 0.1) is 0 Å². The van der Waals surface area contributed by atoms with Crippen LogP contribution in [0, 0.1) is 5.41 Å². The van der Waals surface area contributed by atoms with Gasteiger partial charge in [0.1, 0.15) is 6.29 Å². The minimum Gasteiger partial charge on any atom is -0.298 e. The van der Waals surface area contributed by atoms with E-state index in [1.165, 1.54) is 30.4 Å². The molecule has 0 bridgehead atoms. The van der Waals surface area contributed by atoms with Crippen LogP contribution in [0.4, 0.5) is 0 Å². The van der Waals surface area contributed by atoms with Crippen LogP contribution in [0.1, 0.15) is 53.4 Å². The zero-order chi connectivity index (χ0) is 11.5. The van der Waals surface area contributed by atoms with Crippen molar-refractivity contribution in [3.8, 4) is 0 Å². The Hall–Kier alpha value is -0.850. The van der Waals surface area contributed by atoms with Gasteiger partial charge in [-0.15, -0.1) is 0 Å². The lowest BCUT2D eigenvalue weighted by Crippen LogP contribution is -2.18. The first-order valence-corrected chi connectivity index (χ1v) is 5.78. The molecular weight excluding hydrogens is 184 g/mol. The molecule has 1 heteroatoms. The summed E-state index contributed by atoms with van der Waals surface area (Å²) in [6, 6.07) is 0. The Balaban J connectivity index is 2.81. The quantitative estimate of drug-likeness (QED) is 0.387. The smallest absolute Gasteiger partial charge is 0.145 e. The molecule has 0 fully saturated rings. The van der Waals surface area contributed by atoms with Gasteiger partial charge < -0.3 is 0 Å². The van der Waals surface area contributed by atoms with Crippen molar-refractivity contribution in [1.29, 1.82) is 0 Å². The van der Waals surface area contributed by atoms with Crippen molar-refractivity contribution >= 4 is 6.29 Å². The van der Waals surface area contributed by atoms with Gasteiger partial charge in [0, 0.05) is 0 Å². The van der Waals surface area contributed by atoms with E-state index in [9.17, 15) is 4.79 Å². The van der Waals surface area contributed by atoms with Crippen molar-refractivity contribution < 1.29 is 4.79 Å². The molecule has 0 heterocycles. The largest absolute Gasteiger partial charge is 0.298 e. The number of hydrogen-bond acceptors (Lipinski definition) is 1. The van der Waals surface area contributed by atoms with E-state index in [2.05, 4.69) is 20.8 Å². The highest BCUT2D eigenvalue weighted by Gasteiger charge is 2.25. The van der Waals surface area contributed by atoms with Crippen molar-refractivity contribution in [3.63, 3.8) is 0 Å². The Kier molecular flexibility index (Phi) is 3.90. The Morgan fingerprint density at radius 3 is 2.73 bits per heavy atom. The van der Waals surface area contributed by atoms with Gasteiger partial charge in [0.15, 0.2) is 0 Å². The molecule has 0 amide bonds. The summed E-state index contributed by atoms with van der Waals surface area (Å²) in [5.74, 6) is 0. The molecule has 84 valence electrons. The second-order valence-electron chi connectivity index (χ2n) is 5.24. The van der Waals surface area contributed by atoms with Crippen LogP contribution in [0.25, 0.3) is 0 Å². The molecule has 1 nitrogen and oxygen atoms in total. The van der Waals surface area contributed by atoms with Gasteiger partial charge in [-0.2, -0.15) is 0 Å². The van der Waals surface area contributed by atoms with Gasteiger partial charge >= 0.3 is 0 Å². The molecule has 0 saturated heterocycles. The first-order valence-electron chi connectivity index (χ1n) is 5.78. The maximum absolute atomic E-state index is 10.5. The zero-order valence-electron chi connectivity index (χ0n) is 10.4. The van der Waals surface area contributed by atoms with E-state index in [0.717, 1.165) is 18.3 Å². The molecule has 1 aliphatic rings. The lowest BCUT2D eigenvalue weighted by Gasteiger charge is -2.33. The van der Waals surface area contributed by atoms with Gasteiger partial charge in [-0.1, -0.05) is 31.1 Å². The minimum atomic E-state index is 0.358. The molecule has 0 aromatic rings. The van der Waals surface area contributed by atoms with Crippen LogP contribution < -0.4 is 0 Å². The van der Waals surface area contributed by atoms with Crippen molar-refractivity contribution in [2.75, 3.05) is 0 Å². The topological polar surface area (TPSA) is 17.1 Å². The number of carbonyl (C=O) groups is 1. The summed E-state index contributed by atoms with van der Waals surface area (Å²) in [6.45, 7) is 8.75. The number of aldehydes is 1.